The summed E-state index contributed by atoms with van der Waals surface area (Å²) in [6, 6.07) is 0. The van der Waals surface area contributed by atoms with Gasteiger partial charge in [0.25, 0.3) is 0 Å². The van der Waals surface area contributed by atoms with Crippen LogP contribution in [-0.4, -0.2) is 36.8 Å². The van der Waals surface area contributed by atoms with Crippen molar-refractivity contribution in [2.75, 3.05) is 0 Å². The van der Waals surface area contributed by atoms with Gasteiger partial charge in [0.15, 0.2) is 0 Å². The second-order valence-electron chi connectivity index (χ2n) is 3.31. The first-order valence-electron chi connectivity index (χ1n) is 4.52. The van der Waals surface area contributed by atoms with Gasteiger partial charge in [0.05, 0.1) is 6.26 Å². The van der Waals surface area contributed by atoms with Gasteiger partial charge in [0, 0.05) is 0 Å². The van der Waals surface area contributed by atoms with Gasteiger partial charge in [0.1, 0.15) is 0 Å². The lowest BCUT2D eigenvalue weighted by molar-refractivity contribution is -0.293. The lowest BCUT2D eigenvalue weighted by atomic mass is 10.3. The number of rotatable bonds is 4. The van der Waals surface area contributed by atoms with Gasteiger partial charge >= 0.3 is 21.5 Å². The van der Waals surface area contributed by atoms with E-state index in [0.29, 0.717) is 0 Å². The van der Waals surface area contributed by atoms with Crippen LogP contribution in [0, 0.1) is 0 Å². The fraction of sp³-hybridized carbons (Fsp3) is 0.500. The molecule has 0 aromatic carbocycles. The van der Waals surface area contributed by atoms with E-state index in [-0.39, 0.29) is 0 Å². The minimum atomic E-state index is -6.31. The summed E-state index contributed by atoms with van der Waals surface area (Å²) in [6.07, 6.45) is -7.57. The molecule has 0 aromatic rings. The Morgan fingerprint density at radius 1 is 1.21 bits per heavy atom. The summed E-state index contributed by atoms with van der Waals surface area (Å²) in [5.41, 5.74) is 0. The number of hydrogen-bond acceptors (Lipinski definition) is 4. The lowest BCUT2D eigenvalue weighted by Crippen LogP contribution is -2.52. The summed E-state index contributed by atoms with van der Waals surface area (Å²) in [7, 11) is -6.31. The average Bonchev–Trinajstić information content (AvgIpc) is 2.24. The van der Waals surface area contributed by atoms with Crippen LogP contribution in [0.1, 0.15) is 0 Å². The maximum Gasteiger partial charge on any atom is 0.422 e. The molecule has 19 heavy (non-hydrogen) atoms. The second kappa shape index (κ2) is 5.06. The van der Waals surface area contributed by atoms with Crippen LogP contribution in [0.3, 0.4) is 0 Å². The zero-order valence-electron chi connectivity index (χ0n) is 8.84. The summed E-state index contributed by atoms with van der Waals surface area (Å²) >= 11 is 0. The van der Waals surface area contributed by atoms with Crippen molar-refractivity contribution in [2.24, 2.45) is 0 Å². The van der Waals surface area contributed by atoms with E-state index in [2.05, 4.69) is 9.47 Å². The first-order valence-corrected chi connectivity index (χ1v) is 5.96. The average molecular weight is 310 g/mol. The molecule has 0 spiro atoms. The Hall–Kier alpha value is -1.20. The quantitative estimate of drug-likeness (QED) is 0.633. The number of ether oxygens (including phenoxy) is 2. The third-order valence-electron chi connectivity index (χ3n) is 1.89. The van der Waals surface area contributed by atoms with Crippen molar-refractivity contribution in [2.45, 2.75) is 23.8 Å². The molecule has 2 atom stereocenters. The number of alkyl halides is 5. The monoisotopic (exact) mass is 310 g/mol. The first kappa shape index (κ1) is 15.9. The molecule has 1 aliphatic heterocycles. The van der Waals surface area contributed by atoms with Crippen molar-refractivity contribution < 1.29 is 44.4 Å². The highest BCUT2D eigenvalue weighted by Crippen LogP contribution is 2.38. The van der Waals surface area contributed by atoms with Gasteiger partial charge in [-0.05, 0) is 12.2 Å². The van der Waals surface area contributed by atoms with Crippen LogP contribution in [0.5, 0.6) is 0 Å². The Labute approximate surface area is 104 Å². The molecular weight excluding hydrogens is 303 g/mol. The highest BCUT2D eigenvalue weighted by atomic mass is 32.2. The summed E-state index contributed by atoms with van der Waals surface area (Å²) < 4.78 is 101. The van der Waals surface area contributed by atoms with E-state index in [0.717, 1.165) is 18.4 Å². The highest BCUT2D eigenvalue weighted by molar-refractivity contribution is 7.86. The molecule has 0 aromatic heterocycles. The third-order valence-corrected chi connectivity index (χ3v) is 2.79. The van der Waals surface area contributed by atoms with E-state index in [1.54, 1.807) is 0 Å². The molecule has 0 saturated carbocycles. The standard InChI is InChI=1S/C8H7F5O5S/c9-7(10,11)6(8(12,13)19(14,15)16)18-5-3-1-2-4-17-5/h1-6H,(H,14,15,16). The SMILES string of the molecule is O=S(=O)(O)C(F)(F)C(OC1C=CC=CO1)C(F)(F)F. The molecule has 0 aliphatic carbocycles. The van der Waals surface area contributed by atoms with Gasteiger partial charge in [-0.2, -0.15) is 30.4 Å². The van der Waals surface area contributed by atoms with Crippen LogP contribution in [0.25, 0.3) is 0 Å². The van der Waals surface area contributed by atoms with E-state index in [4.69, 9.17) is 4.55 Å². The van der Waals surface area contributed by atoms with Crippen LogP contribution >= 0.6 is 0 Å². The van der Waals surface area contributed by atoms with Crippen molar-refractivity contribution in [3.63, 3.8) is 0 Å². The van der Waals surface area contributed by atoms with Gasteiger partial charge < -0.3 is 9.47 Å². The predicted octanol–water partition coefficient (Wildman–Crippen LogP) is 1.84. The van der Waals surface area contributed by atoms with Gasteiger partial charge in [-0.15, -0.1) is 0 Å². The van der Waals surface area contributed by atoms with Crippen LogP contribution in [0.2, 0.25) is 0 Å². The molecule has 5 nitrogen and oxygen atoms in total. The van der Waals surface area contributed by atoms with Crippen molar-refractivity contribution in [3.8, 4) is 0 Å². The molecule has 0 saturated heterocycles. The van der Waals surface area contributed by atoms with Crippen LogP contribution in [0.4, 0.5) is 22.0 Å². The Balaban J connectivity index is 3.03. The molecule has 11 heteroatoms. The fourth-order valence-electron chi connectivity index (χ4n) is 1.06. The number of hydrogen-bond donors (Lipinski definition) is 1. The van der Waals surface area contributed by atoms with E-state index < -0.39 is 33.9 Å². The van der Waals surface area contributed by atoms with Crippen molar-refractivity contribution in [3.05, 3.63) is 24.5 Å². The van der Waals surface area contributed by atoms with Crippen molar-refractivity contribution in [1.29, 1.82) is 0 Å². The van der Waals surface area contributed by atoms with Gasteiger partial charge in [-0.1, -0.05) is 6.08 Å². The molecular formula is C8H7F5O5S. The molecule has 1 heterocycles. The second-order valence-corrected chi connectivity index (χ2v) is 4.81. The minimum absolute atomic E-state index is 0.846. The zero-order valence-corrected chi connectivity index (χ0v) is 9.66. The minimum Gasteiger partial charge on any atom is -0.469 e. The normalized spacial score (nSPS) is 22.1. The van der Waals surface area contributed by atoms with E-state index in [1.165, 1.54) is 6.08 Å². The molecule has 0 bridgehead atoms. The maximum atomic E-state index is 13.1. The molecule has 0 radical (unpaired) electrons. The molecule has 2 unspecified atom stereocenters. The summed E-state index contributed by atoms with van der Waals surface area (Å²) in [6.45, 7) is 0. The largest absolute Gasteiger partial charge is 0.469 e. The van der Waals surface area contributed by atoms with Crippen LogP contribution < -0.4 is 0 Å². The summed E-state index contributed by atoms with van der Waals surface area (Å²) in [4.78, 5) is 0. The van der Waals surface area contributed by atoms with E-state index in [9.17, 15) is 30.4 Å². The Kier molecular flexibility index (Phi) is 4.22. The summed E-state index contributed by atoms with van der Waals surface area (Å²) in [5.74, 6) is 0. The van der Waals surface area contributed by atoms with Crippen molar-refractivity contribution >= 4 is 10.1 Å². The highest BCUT2D eigenvalue weighted by Gasteiger charge is 2.65. The van der Waals surface area contributed by atoms with Crippen LogP contribution in [0.15, 0.2) is 24.5 Å². The van der Waals surface area contributed by atoms with Gasteiger partial charge in [0.2, 0.25) is 12.4 Å². The van der Waals surface area contributed by atoms with E-state index >= 15 is 0 Å². The first-order chi connectivity index (χ1) is 8.46. The van der Waals surface area contributed by atoms with Gasteiger partial charge in [-0.3, -0.25) is 4.55 Å². The topological polar surface area (TPSA) is 72.8 Å². The molecule has 110 valence electrons. The fourth-order valence-corrected chi connectivity index (χ4v) is 1.52. The Bertz CT molecular complexity index is 480. The molecule has 1 N–H and O–H groups in total. The van der Waals surface area contributed by atoms with Crippen molar-refractivity contribution in [1.82, 2.24) is 0 Å². The molecule has 0 fully saturated rings. The number of halogens is 5. The number of allylic oxidation sites excluding steroid dienone is 2. The predicted molar refractivity (Wildman–Crippen MR) is 50.6 cm³/mol. The smallest absolute Gasteiger partial charge is 0.422 e. The molecule has 1 aliphatic rings. The third kappa shape index (κ3) is 3.64. The van der Waals surface area contributed by atoms with Crippen LogP contribution in [-0.2, 0) is 19.6 Å². The maximum absolute atomic E-state index is 13.1. The van der Waals surface area contributed by atoms with E-state index in [1.807, 2.05) is 0 Å². The summed E-state index contributed by atoms with van der Waals surface area (Å²) in [5, 5.41) is -5.57. The zero-order chi connectivity index (χ0) is 14.9. The molecule has 0 amide bonds. The molecule has 1 rings (SSSR count). The lowest BCUT2D eigenvalue weighted by Gasteiger charge is -2.29. The Morgan fingerprint density at radius 3 is 2.16 bits per heavy atom. The Morgan fingerprint density at radius 2 is 1.79 bits per heavy atom. The van der Waals surface area contributed by atoms with Gasteiger partial charge in [-0.25, -0.2) is 0 Å².